The highest BCUT2D eigenvalue weighted by atomic mass is 35.5. The summed E-state index contributed by atoms with van der Waals surface area (Å²) in [6, 6.07) is 4.16. The van der Waals surface area contributed by atoms with E-state index in [4.69, 9.17) is 17.3 Å². The van der Waals surface area contributed by atoms with Crippen molar-refractivity contribution in [1.29, 1.82) is 0 Å². The number of alkyl halides is 3. The first-order chi connectivity index (χ1) is 9.68. The summed E-state index contributed by atoms with van der Waals surface area (Å²) in [6.45, 7) is 0. The summed E-state index contributed by atoms with van der Waals surface area (Å²) < 4.78 is 64.6. The number of nitrogens with one attached hydrogen (secondary N) is 1. The Morgan fingerprint density at radius 1 is 1.00 bits per heavy atom. The third kappa shape index (κ3) is 3.36. The predicted molar refractivity (Wildman–Crippen MR) is 70.5 cm³/mol. The lowest BCUT2D eigenvalue weighted by molar-refractivity contribution is -0.137. The van der Waals surface area contributed by atoms with Crippen molar-refractivity contribution in [2.75, 3.05) is 11.1 Å². The topological polar surface area (TPSA) is 38.0 Å². The zero-order valence-electron chi connectivity index (χ0n) is 10.2. The molecule has 0 fully saturated rings. The summed E-state index contributed by atoms with van der Waals surface area (Å²) in [4.78, 5) is 0. The standard InChI is InChI=1S/C13H8ClF5N2/c14-8-3-6(13(17,18)19)1-2-11(8)21-12-9(15)4-7(20)5-10(12)16/h1-5,21H,20H2. The summed E-state index contributed by atoms with van der Waals surface area (Å²) in [7, 11) is 0. The van der Waals surface area contributed by atoms with Crippen molar-refractivity contribution in [2.24, 2.45) is 0 Å². The zero-order valence-corrected chi connectivity index (χ0v) is 11.0. The van der Waals surface area contributed by atoms with Crippen LogP contribution in [-0.2, 0) is 6.18 Å². The van der Waals surface area contributed by atoms with E-state index in [9.17, 15) is 22.0 Å². The molecule has 0 bridgehead atoms. The molecule has 2 aromatic rings. The van der Waals surface area contributed by atoms with Crippen LogP contribution < -0.4 is 11.1 Å². The maximum atomic E-state index is 13.6. The molecule has 112 valence electrons. The van der Waals surface area contributed by atoms with Gasteiger partial charge in [-0.3, -0.25) is 0 Å². The normalized spacial score (nSPS) is 11.5. The molecule has 2 nitrogen and oxygen atoms in total. The van der Waals surface area contributed by atoms with Crippen molar-refractivity contribution >= 4 is 28.7 Å². The van der Waals surface area contributed by atoms with Gasteiger partial charge in [-0.1, -0.05) is 11.6 Å². The predicted octanol–water partition coefficient (Wildman–Crippen LogP) is 4.96. The number of halogens is 6. The van der Waals surface area contributed by atoms with E-state index in [1.807, 2.05) is 0 Å². The van der Waals surface area contributed by atoms with E-state index in [2.05, 4.69) is 5.32 Å². The Hall–Kier alpha value is -2.02. The fourth-order valence-electron chi connectivity index (χ4n) is 1.64. The van der Waals surface area contributed by atoms with Crippen molar-refractivity contribution in [3.05, 3.63) is 52.6 Å². The van der Waals surface area contributed by atoms with Crippen LogP contribution in [-0.4, -0.2) is 0 Å². The average Bonchev–Trinajstić information content (AvgIpc) is 2.33. The number of hydrogen-bond acceptors (Lipinski definition) is 2. The molecule has 3 N–H and O–H groups in total. The van der Waals surface area contributed by atoms with Gasteiger partial charge in [0.15, 0.2) is 11.6 Å². The minimum Gasteiger partial charge on any atom is -0.399 e. The summed E-state index contributed by atoms with van der Waals surface area (Å²) >= 11 is 5.69. The second-order valence-corrected chi connectivity index (χ2v) is 4.58. The molecule has 0 spiro atoms. The lowest BCUT2D eigenvalue weighted by Gasteiger charge is -2.13. The lowest BCUT2D eigenvalue weighted by Crippen LogP contribution is -2.05. The first kappa shape index (κ1) is 15.4. The van der Waals surface area contributed by atoms with E-state index in [1.54, 1.807) is 0 Å². The maximum absolute atomic E-state index is 13.6. The Morgan fingerprint density at radius 2 is 1.57 bits per heavy atom. The number of benzene rings is 2. The SMILES string of the molecule is Nc1cc(F)c(Nc2ccc(C(F)(F)F)cc2Cl)c(F)c1. The number of nitrogen functional groups attached to an aromatic ring is 1. The molecule has 0 heterocycles. The fourth-order valence-corrected chi connectivity index (χ4v) is 1.87. The monoisotopic (exact) mass is 322 g/mol. The number of anilines is 3. The first-order valence-corrected chi connectivity index (χ1v) is 5.94. The van der Waals surface area contributed by atoms with Crippen LogP contribution in [0, 0.1) is 11.6 Å². The Labute approximate surface area is 121 Å². The molecular weight excluding hydrogens is 315 g/mol. The molecule has 8 heteroatoms. The Morgan fingerprint density at radius 3 is 2.05 bits per heavy atom. The highest BCUT2D eigenvalue weighted by Crippen LogP contribution is 2.35. The van der Waals surface area contributed by atoms with Gasteiger partial charge in [0, 0.05) is 5.69 Å². The molecule has 0 amide bonds. The van der Waals surface area contributed by atoms with Crippen LogP contribution >= 0.6 is 11.6 Å². The van der Waals surface area contributed by atoms with Crippen molar-refractivity contribution < 1.29 is 22.0 Å². The van der Waals surface area contributed by atoms with E-state index in [-0.39, 0.29) is 16.4 Å². The van der Waals surface area contributed by atoms with Gasteiger partial charge in [-0.2, -0.15) is 13.2 Å². The smallest absolute Gasteiger partial charge is 0.399 e. The third-order valence-corrected chi connectivity index (χ3v) is 2.93. The molecule has 2 aromatic carbocycles. The van der Waals surface area contributed by atoms with Gasteiger partial charge in [-0.25, -0.2) is 8.78 Å². The van der Waals surface area contributed by atoms with E-state index in [0.29, 0.717) is 6.07 Å². The molecule has 0 radical (unpaired) electrons. The number of hydrogen-bond donors (Lipinski definition) is 2. The second-order valence-electron chi connectivity index (χ2n) is 4.18. The maximum Gasteiger partial charge on any atom is 0.416 e. The van der Waals surface area contributed by atoms with E-state index < -0.39 is 29.1 Å². The average molecular weight is 323 g/mol. The minimum absolute atomic E-state index is 0.0627. The summed E-state index contributed by atoms with van der Waals surface area (Å²) in [6.07, 6.45) is -4.56. The lowest BCUT2D eigenvalue weighted by atomic mass is 10.2. The van der Waals surface area contributed by atoms with Crippen LogP contribution in [0.5, 0.6) is 0 Å². The molecule has 2 rings (SSSR count). The first-order valence-electron chi connectivity index (χ1n) is 5.57. The third-order valence-electron chi connectivity index (χ3n) is 2.62. The largest absolute Gasteiger partial charge is 0.416 e. The van der Waals surface area contributed by atoms with Crippen LogP contribution in [0.25, 0.3) is 0 Å². The van der Waals surface area contributed by atoms with Crippen LogP contribution in [0.2, 0.25) is 5.02 Å². The molecule has 0 aliphatic rings. The van der Waals surface area contributed by atoms with E-state index in [0.717, 1.165) is 24.3 Å². The molecule has 0 aromatic heterocycles. The Balaban J connectivity index is 2.37. The second kappa shape index (κ2) is 5.40. The Bertz CT molecular complexity index is 662. The summed E-state index contributed by atoms with van der Waals surface area (Å²) in [5.74, 6) is -1.97. The summed E-state index contributed by atoms with van der Waals surface area (Å²) in [5, 5.41) is 1.99. The zero-order chi connectivity index (χ0) is 15.8. The van der Waals surface area contributed by atoms with Crippen LogP contribution in [0.1, 0.15) is 5.56 Å². The van der Waals surface area contributed by atoms with E-state index in [1.165, 1.54) is 0 Å². The van der Waals surface area contributed by atoms with Gasteiger partial charge in [0.05, 0.1) is 16.3 Å². The number of rotatable bonds is 2. The van der Waals surface area contributed by atoms with Crippen molar-refractivity contribution in [3.63, 3.8) is 0 Å². The van der Waals surface area contributed by atoms with Crippen molar-refractivity contribution in [3.8, 4) is 0 Å². The van der Waals surface area contributed by atoms with Gasteiger partial charge in [0.1, 0.15) is 5.69 Å². The van der Waals surface area contributed by atoms with Gasteiger partial charge < -0.3 is 11.1 Å². The molecular formula is C13H8ClF5N2. The van der Waals surface area contributed by atoms with E-state index >= 15 is 0 Å². The molecule has 0 aliphatic heterocycles. The Kier molecular flexibility index (Phi) is 3.95. The molecule has 0 saturated heterocycles. The molecule has 21 heavy (non-hydrogen) atoms. The van der Waals surface area contributed by atoms with Crippen molar-refractivity contribution in [2.45, 2.75) is 6.18 Å². The molecule has 0 saturated carbocycles. The quantitative estimate of drug-likeness (QED) is 0.605. The molecule has 0 unspecified atom stereocenters. The van der Waals surface area contributed by atoms with Gasteiger partial charge in [-0.05, 0) is 30.3 Å². The van der Waals surface area contributed by atoms with Gasteiger partial charge in [-0.15, -0.1) is 0 Å². The molecule has 0 atom stereocenters. The van der Waals surface area contributed by atoms with Crippen LogP contribution in [0.4, 0.5) is 39.0 Å². The highest BCUT2D eigenvalue weighted by molar-refractivity contribution is 6.33. The summed E-state index contributed by atoms with van der Waals surface area (Å²) in [5.41, 5.74) is 3.57. The van der Waals surface area contributed by atoms with Gasteiger partial charge >= 0.3 is 6.18 Å². The van der Waals surface area contributed by atoms with Crippen molar-refractivity contribution in [1.82, 2.24) is 0 Å². The minimum atomic E-state index is -4.56. The highest BCUT2D eigenvalue weighted by Gasteiger charge is 2.31. The fraction of sp³-hybridized carbons (Fsp3) is 0.0769. The van der Waals surface area contributed by atoms with Gasteiger partial charge in [0.2, 0.25) is 0 Å². The number of nitrogens with two attached hydrogens (primary N) is 1. The molecule has 0 aliphatic carbocycles. The van der Waals surface area contributed by atoms with Crippen LogP contribution in [0.15, 0.2) is 30.3 Å². The van der Waals surface area contributed by atoms with Crippen LogP contribution in [0.3, 0.4) is 0 Å². The van der Waals surface area contributed by atoms with Gasteiger partial charge in [0.25, 0.3) is 0 Å².